The van der Waals surface area contributed by atoms with Crippen LogP contribution in [0.1, 0.15) is 127 Å². The molecule has 9 atom stereocenters. The molecule has 0 radical (unpaired) electrons. The Morgan fingerprint density at radius 2 is 1.59 bits per heavy atom. The first kappa shape index (κ1) is 38.5. The molecule has 2 N–H and O–H groups in total. The van der Waals surface area contributed by atoms with Gasteiger partial charge in [0, 0.05) is 50.0 Å². The third-order valence-electron chi connectivity index (χ3n) is 16.5. The highest BCUT2D eigenvalue weighted by molar-refractivity contribution is 6.00. The number of ether oxygens (including phenoxy) is 1. The van der Waals surface area contributed by atoms with Crippen LogP contribution in [0.25, 0.3) is 0 Å². The molecule has 1 aliphatic heterocycles. The summed E-state index contributed by atoms with van der Waals surface area (Å²) in [7, 11) is 0. The number of carboxylic acids is 1. The highest BCUT2D eigenvalue weighted by atomic mass is 16.5. The molecule has 0 aromatic carbocycles. The van der Waals surface area contributed by atoms with Crippen LogP contribution in [0.4, 0.5) is 0 Å². The van der Waals surface area contributed by atoms with Crippen LogP contribution in [0, 0.1) is 56.2 Å². The molecule has 0 bridgehead atoms. The van der Waals surface area contributed by atoms with Crippen LogP contribution in [0.2, 0.25) is 0 Å². The Morgan fingerprint density at radius 3 is 2.20 bits per heavy atom. The number of ketones is 1. The van der Waals surface area contributed by atoms with Crippen molar-refractivity contribution in [1.82, 2.24) is 9.80 Å². The van der Waals surface area contributed by atoms with E-state index in [9.17, 15) is 29.4 Å². The minimum Gasteiger partial charge on any atom is -0.481 e. The zero-order chi connectivity index (χ0) is 37.5. The van der Waals surface area contributed by atoms with Gasteiger partial charge in [-0.15, -0.1) is 0 Å². The molecule has 1 amide bonds. The van der Waals surface area contributed by atoms with E-state index in [-0.39, 0.29) is 51.8 Å². The molecule has 1 saturated heterocycles. The average molecular weight is 711 g/mol. The number of fused-ring (bicyclic) bond motifs is 7. The van der Waals surface area contributed by atoms with Crippen molar-refractivity contribution in [3.8, 4) is 0 Å². The van der Waals surface area contributed by atoms with E-state index in [1.807, 2.05) is 0 Å². The molecule has 9 nitrogen and oxygen atoms in total. The van der Waals surface area contributed by atoms with E-state index in [1.54, 1.807) is 18.7 Å². The molecule has 6 aliphatic rings. The largest absolute Gasteiger partial charge is 0.481 e. The molecule has 6 rings (SSSR count). The van der Waals surface area contributed by atoms with Crippen LogP contribution in [-0.4, -0.2) is 89.1 Å². The van der Waals surface area contributed by atoms with Gasteiger partial charge in [-0.2, -0.15) is 0 Å². The number of carboxylic acid groups (broad SMARTS) is 1. The molecule has 5 fully saturated rings. The van der Waals surface area contributed by atoms with Gasteiger partial charge in [0.2, 0.25) is 6.41 Å². The molecule has 9 heteroatoms. The van der Waals surface area contributed by atoms with Gasteiger partial charge in [0.25, 0.3) is 0 Å². The Hall–Kier alpha value is -2.26. The normalized spacial score (nSPS) is 40.2. The van der Waals surface area contributed by atoms with Crippen molar-refractivity contribution in [3.05, 3.63) is 11.1 Å². The fourth-order valence-corrected chi connectivity index (χ4v) is 13.4. The lowest BCUT2D eigenvalue weighted by Crippen LogP contribution is -2.66. The number of esters is 1. The summed E-state index contributed by atoms with van der Waals surface area (Å²) < 4.78 is 6.16. The van der Waals surface area contributed by atoms with Crippen molar-refractivity contribution in [2.75, 3.05) is 32.7 Å². The Labute approximate surface area is 306 Å². The summed E-state index contributed by atoms with van der Waals surface area (Å²) in [5.74, 6) is 0.0308. The molecule has 4 saturated carbocycles. The molecule has 2 unspecified atom stereocenters. The summed E-state index contributed by atoms with van der Waals surface area (Å²) in [6.45, 7) is 23.0. The number of hydrogen-bond donors (Lipinski definition) is 2. The third-order valence-corrected chi connectivity index (χ3v) is 16.5. The number of rotatable bonds is 9. The van der Waals surface area contributed by atoms with E-state index in [0.717, 1.165) is 76.4 Å². The summed E-state index contributed by atoms with van der Waals surface area (Å²) in [6.07, 6.45) is 8.11. The van der Waals surface area contributed by atoms with E-state index < -0.39 is 28.9 Å². The maximum absolute atomic E-state index is 14.0. The Kier molecular flexibility index (Phi) is 9.77. The summed E-state index contributed by atoms with van der Waals surface area (Å²) in [6, 6.07) is 0. The first-order valence-electron chi connectivity index (χ1n) is 20.0. The minimum atomic E-state index is -1.17. The molecule has 5 aliphatic carbocycles. The molecule has 1 heterocycles. The minimum absolute atomic E-state index is 0.0152. The highest BCUT2D eigenvalue weighted by Crippen LogP contribution is 2.77. The number of aliphatic carboxylic acids is 1. The number of aliphatic hydroxyl groups excluding tert-OH is 1. The maximum atomic E-state index is 14.0. The number of β-amino-alcohol motifs (C(OH)–C–C–N with tert-alkyl or cyclic N) is 1. The number of piperazine rings is 1. The molecule has 0 spiro atoms. The van der Waals surface area contributed by atoms with Gasteiger partial charge in [-0.1, -0.05) is 54.0 Å². The first-order chi connectivity index (χ1) is 23.7. The molecule has 51 heavy (non-hydrogen) atoms. The predicted molar refractivity (Wildman–Crippen MR) is 195 cm³/mol. The molecule has 0 aromatic rings. The number of Topliss-reactive ketones (excluding diaryl/α,β-unsaturated/α-hetero) is 1. The van der Waals surface area contributed by atoms with Crippen molar-refractivity contribution in [2.24, 2.45) is 56.2 Å². The topological polar surface area (TPSA) is 124 Å². The second-order valence-corrected chi connectivity index (χ2v) is 20.0. The van der Waals surface area contributed by atoms with Crippen molar-refractivity contribution in [3.63, 3.8) is 0 Å². The number of nitrogens with zero attached hydrogens (tertiary/aromatic N) is 2. The molecule has 286 valence electrons. The number of amides is 1. The second-order valence-electron chi connectivity index (χ2n) is 20.0. The van der Waals surface area contributed by atoms with E-state index >= 15 is 0 Å². The van der Waals surface area contributed by atoms with Crippen LogP contribution < -0.4 is 0 Å². The Balaban J connectivity index is 1.27. The van der Waals surface area contributed by atoms with Crippen molar-refractivity contribution in [2.45, 2.75) is 139 Å². The van der Waals surface area contributed by atoms with E-state index in [0.29, 0.717) is 37.9 Å². The van der Waals surface area contributed by atoms with Crippen LogP contribution in [0.5, 0.6) is 0 Å². The monoisotopic (exact) mass is 710 g/mol. The highest BCUT2D eigenvalue weighted by Gasteiger charge is 2.71. The molecular weight excluding hydrogens is 644 g/mol. The molecule has 0 aromatic heterocycles. The van der Waals surface area contributed by atoms with Crippen molar-refractivity contribution >= 4 is 24.1 Å². The lowest BCUT2D eigenvalue weighted by atomic mass is 9.33. The summed E-state index contributed by atoms with van der Waals surface area (Å²) >= 11 is 0. The Bertz CT molecular complexity index is 1460. The standard InChI is InChI=1S/C42H66N2O7/c1-26(2)34-28(46)22-42(31(47)24-43-18-20-44(25-45)21-19-43)17-16-40(8)27(35(34)42)10-11-30-39(7)14-13-32(51-33(48)23-37(3,4)36(49)50)38(5,6)29(39)12-15-41(30,40)9/h25-27,29-32,47H,10-24H2,1-9H3,(H,49,50)/t27-,29?,30?,31-,32+,39+,40-,41-,42+/m1/s1. The van der Waals surface area contributed by atoms with Crippen LogP contribution >= 0.6 is 0 Å². The van der Waals surface area contributed by atoms with Gasteiger partial charge in [-0.3, -0.25) is 24.1 Å². The van der Waals surface area contributed by atoms with Gasteiger partial charge in [0.15, 0.2) is 5.78 Å². The quantitative estimate of drug-likeness (QED) is 0.205. The fourth-order valence-electron chi connectivity index (χ4n) is 13.4. The lowest BCUT2D eigenvalue weighted by Gasteiger charge is -2.72. The number of aliphatic hydroxyl groups is 1. The van der Waals surface area contributed by atoms with Gasteiger partial charge in [0.1, 0.15) is 6.10 Å². The summed E-state index contributed by atoms with van der Waals surface area (Å²) in [5.41, 5.74) is 0.449. The van der Waals surface area contributed by atoms with Crippen LogP contribution in [0.3, 0.4) is 0 Å². The number of carbonyl (C=O) groups is 4. The maximum Gasteiger partial charge on any atom is 0.309 e. The Morgan fingerprint density at radius 1 is 0.922 bits per heavy atom. The van der Waals surface area contributed by atoms with Crippen LogP contribution in [0.15, 0.2) is 11.1 Å². The number of hydrogen-bond acceptors (Lipinski definition) is 7. The SMILES string of the molecule is CC(C)C1=C2[C@H]3CCC4[C@@]5(C)CC[C@H](OC(=O)CC(C)(C)C(=O)O)C(C)(C)C5CC[C@@]4(C)[C@]3(C)CC[C@@]2([C@H](O)CN2CCN(C=O)CC2)CC1=O. The zero-order valence-corrected chi connectivity index (χ0v) is 33.0. The van der Waals surface area contributed by atoms with Gasteiger partial charge in [-0.25, -0.2) is 0 Å². The van der Waals surface area contributed by atoms with Gasteiger partial charge in [-0.05, 0) is 111 Å². The van der Waals surface area contributed by atoms with Gasteiger partial charge >= 0.3 is 11.9 Å². The van der Waals surface area contributed by atoms with E-state index in [4.69, 9.17) is 4.74 Å². The molecular formula is C42H66N2O7. The van der Waals surface area contributed by atoms with E-state index in [2.05, 4.69) is 53.4 Å². The van der Waals surface area contributed by atoms with Gasteiger partial charge < -0.3 is 19.8 Å². The lowest BCUT2D eigenvalue weighted by molar-refractivity contribution is -0.235. The van der Waals surface area contributed by atoms with Crippen molar-refractivity contribution in [1.29, 1.82) is 0 Å². The summed E-state index contributed by atoms with van der Waals surface area (Å²) in [5, 5.41) is 21.9. The van der Waals surface area contributed by atoms with Crippen LogP contribution in [-0.2, 0) is 23.9 Å². The first-order valence-corrected chi connectivity index (χ1v) is 20.0. The predicted octanol–water partition coefficient (Wildman–Crippen LogP) is 6.51. The third kappa shape index (κ3) is 5.84. The number of carbonyl (C=O) groups excluding carboxylic acids is 3. The summed E-state index contributed by atoms with van der Waals surface area (Å²) in [4.78, 5) is 54.3. The van der Waals surface area contributed by atoms with E-state index in [1.165, 1.54) is 5.57 Å². The zero-order valence-electron chi connectivity index (χ0n) is 33.0. The smallest absolute Gasteiger partial charge is 0.309 e. The fraction of sp³-hybridized carbons (Fsp3) is 0.857. The average Bonchev–Trinajstić information content (AvgIpc) is 3.36. The van der Waals surface area contributed by atoms with Gasteiger partial charge in [0.05, 0.1) is 17.9 Å². The second kappa shape index (κ2) is 13.0. The number of allylic oxidation sites excluding steroid dienone is 1. The van der Waals surface area contributed by atoms with Crippen molar-refractivity contribution < 1.29 is 34.1 Å².